The molecule has 0 aliphatic carbocycles. The Labute approximate surface area is 132 Å². The molecule has 0 saturated carbocycles. The van der Waals surface area contributed by atoms with Crippen LogP contribution in [0, 0.1) is 11.3 Å². The topological polar surface area (TPSA) is 42.2 Å². The van der Waals surface area contributed by atoms with Gasteiger partial charge in [0.1, 0.15) is 0 Å². The van der Waals surface area contributed by atoms with Crippen LogP contribution in [-0.2, 0) is 0 Å². The van der Waals surface area contributed by atoms with Gasteiger partial charge in [0.05, 0.1) is 25.9 Å². The minimum Gasteiger partial charge on any atom is -0.493 e. The van der Waals surface area contributed by atoms with E-state index < -0.39 is 0 Å². The molecule has 0 heterocycles. The van der Waals surface area contributed by atoms with Gasteiger partial charge in [-0.2, -0.15) is 5.26 Å². The Morgan fingerprint density at radius 1 is 1.10 bits per heavy atom. The summed E-state index contributed by atoms with van der Waals surface area (Å²) in [6.45, 7) is 0. The highest BCUT2D eigenvalue weighted by Gasteiger charge is 2.09. The van der Waals surface area contributed by atoms with Gasteiger partial charge < -0.3 is 9.47 Å². The van der Waals surface area contributed by atoms with Gasteiger partial charge in [-0.1, -0.05) is 40.2 Å². The monoisotopic (exact) mass is 343 g/mol. The predicted octanol–water partition coefficient (Wildman–Crippen LogP) is 4.53. The Morgan fingerprint density at radius 2 is 1.81 bits per heavy atom. The fraction of sp³-hybridized carbons (Fsp3) is 0.118. The lowest BCUT2D eigenvalue weighted by Crippen LogP contribution is -1.93. The van der Waals surface area contributed by atoms with Crippen LogP contribution in [0.4, 0.5) is 0 Å². The normalized spacial score (nSPS) is 10.9. The number of hydrogen-bond donors (Lipinski definition) is 0. The SMILES string of the molecule is COc1cccc(/C=C(/C#N)c2ccc(Br)cc2)c1OC. The fourth-order valence-corrected chi connectivity index (χ4v) is 2.26. The number of ether oxygens (including phenoxy) is 2. The van der Waals surface area contributed by atoms with Crippen LogP contribution in [0.5, 0.6) is 11.5 Å². The van der Waals surface area contributed by atoms with Crippen molar-refractivity contribution in [1.82, 2.24) is 0 Å². The van der Waals surface area contributed by atoms with Crippen molar-refractivity contribution in [2.24, 2.45) is 0 Å². The average Bonchev–Trinajstić information content (AvgIpc) is 2.53. The molecule has 0 bridgehead atoms. The number of rotatable bonds is 4. The van der Waals surface area contributed by atoms with Crippen molar-refractivity contribution in [2.45, 2.75) is 0 Å². The number of benzene rings is 2. The second-order valence-electron chi connectivity index (χ2n) is 4.26. The van der Waals surface area contributed by atoms with E-state index in [1.165, 1.54) is 0 Å². The molecule has 2 rings (SSSR count). The summed E-state index contributed by atoms with van der Waals surface area (Å²) in [4.78, 5) is 0. The van der Waals surface area contributed by atoms with Crippen molar-refractivity contribution in [3.05, 3.63) is 58.1 Å². The zero-order chi connectivity index (χ0) is 15.2. The largest absolute Gasteiger partial charge is 0.493 e. The lowest BCUT2D eigenvalue weighted by Gasteiger charge is -2.10. The highest BCUT2D eigenvalue weighted by Crippen LogP contribution is 2.33. The predicted molar refractivity (Wildman–Crippen MR) is 87.2 cm³/mol. The molecule has 0 amide bonds. The summed E-state index contributed by atoms with van der Waals surface area (Å²) >= 11 is 3.39. The molecule has 0 unspecified atom stereocenters. The number of para-hydroxylation sites is 1. The molecule has 21 heavy (non-hydrogen) atoms. The van der Waals surface area contributed by atoms with E-state index in [-0.39, 0.29) is 0 Å². The molecule has 2 aromatic rings. The third-order valence-electron chi connectivity index (χ3n) is 3.01. The Bertz CT molecular complexity index is 700. The highest BCUT2D eigenvalue weighted by molar-refractivity contribution is 9.10. The average molecular weight is 344 g/mol. The van der Waals surface area contributed by atoms with Crippen LogP contribution in [0.1, 0.15) is 11.1 Å². The quantitative estimate of drug-likeness (QED) is 0.604. The molecule has 0 atom stereocenters. The molecule has 0 N–H and O–H groups in total. The first-order valence-corrected chi connectivity index (χ1v) is 7.07. The highest BCUT2D eigenvalue weighted by atomic mass is 79.9. The second kappa shape index (κ2) is 6.96. The lowest BCUT2D eigenvalue weighted by molar-refractivity contribution is 0.354. The molecular weight excluding hydrogens is 330 g/mol. The van der Waals surface area contributed by atoms with Gasteiger partial charge in [0.15, 0.2) is 11.5 Å². The lowest BCUT2D eigenvalue weighted by atomic mass is 10.0. The maximum atomic E-state index is 9.40. The van der Waals surface area contributed by atoms with Crippen LogP contribution >= 0.6 is 15.9 Å². The molecule has 0 aromatic heterocycles. The van der Waals surface area contributed by atoms with E-state index >= 15 is 0 Å². The van der Waals surface area contributed by atoms with Crippen molar-refractivity contribution < 1.29 is 9.47 Å². The van der Waals surface area contributed by atoms with Crippen molar-refractivity contribution in [3.8, 4) is 17.6 Å². The molecular formula is C17H14BrNO2. The smallest absolute Gasteiger partial charge is 0.167 e. The van der Waals surface area contributed by atoms with Gasteiger partial charge in [0.2, 0.25) is 0 Å². The van der Waals surface area contributed by atoms with Crippen molar-refractivity contribution in [2.75, 3.05) is 14.2 Å². The molecule has 0 aliphatic heterocycles. The standard InChI is InChI=1S/C17H14BrNO2/c1-20-16-5-3-4-13(17(16)21-2)10-14(11-19)12-6-8-15(18)9-7-12/h3-10H,1-2H3/b14-10-. The van der Waals surface area contributed by atoms with Gasteiger partial charge in [-0.25, -0.2) is 0 Å². The Kier molecular flexibility index (Phi) is 5.02. The van der Waals surface area contributed by atoms with Crippen LogP contribution in [0.25, 0.3) is 11.6 Å². The first-order valence-electron chi connectivity index (χ1n) is 6.28. The molecule has 0 fully saturated rings. The molecule has 0 saturated heterocycles. The number of hydrogen-bond acceptors (Lipinski definition) is 3. The summed E-state index contributed by atoms with van der Waals surface area (Å²) < 4.78 is 11.6. The molecule has 2 aromatic carbocycles. The Balaban J connectivity index is 2.50. The van der Waals surface area contributed by atoms with Gasteiger partial charge in [0.25, 0.3) is 0 Å². The molecule has 0 aliphatic rings. The van der Waals surface area contributed by atoms with Crippen LogP contribution in [0.3, 0.4) is 0 Å². The van der Waals surface area contributed by atoms with Crippen LogP contribution in [0.2, 0.25) is 0 Å². The van der Waals surface area contributed by atoms with E-state index in [9.17, 15) is 5.26 Å². The van der Waals surface area contributed by atoms with E-state index in [0.717, 1.165) is 15.6 Å². The van der Waals surface area contributed by atoms with Crippen molar-refractivity contribution in [1.29, 1.82) is 5.26 Å². The molecule has 3 nitrogen and oxygen atoms in total. The van der Waals surface area contributed by atoms with Gasteiger partial charge in [-0.05, 0) is 29.8 Å². The van der Waals surface area contributed by atoms with Gasteiger partial charge in [0, 0.05) is 10.0 Å². The maximum Gasteiger partial charge on any atom is 0.167 e. The minimum atomic E-state index is 0.564. The third kappa shape index (κ3) is 3.45. The number of nitriles is 1. The van der Waals surface area contributed by atoms with Crippen molar-refractivity contribution >= 4 is 27.6 Å². The first-order chi connectivity index (χ1) is 10.2. The summed E-state index contributed by atoms with van der Waals surface area (Å²) in [5.74, 6) is 1.25. The summed E-state index contributed by atoms with van der Waals surface area (Å²) in [6.07, 6.45) is 1.80. The minimum absolute atomic E-state index is 0.564. The first kappa shape index (κ1) is 15.1. The van der Waals surface area contributed by atoms with E-state index in [2.05, 4.69) is 22.0 Å². The van der Waals surface area contributed by atoms with Crippen LogP contribution in [0.15, 0.2) is 46.9 Å². The molecule has 0 radical (unpaired) electrons. The number of allylic oxidation sites excluding steroid dienone is 1. The second-order valence-corrected chi connectivity index (χ2v) is 5.18. The Hall–Kier alpha value is -2.25. The summed E-state index contributed by atoms with van der Waals surface area (Å²) in [7, 11) is 3.17. The van der Waals surface area contributed by atoms with Gasteiger partial charge in [-0.15, -0.1) is 0 Å². The van der Waals surface area contributed by atoms with Crippen LogP contribution < -0.4 is 9.47 Å². The van der Waals surface area contributed by atoms with Gasteiger partial charge in [-0.3, -0.25) is 0 Å². The van der Waals surface area contributed by atoms with E-state index in [1.807, 2.05) is 42.5 Å². The molecule has 106 valence electrons. The molecule has 0 spiro atoms. The zero-order valence-corrected chi connectivity index (χ0v) is 13.3. The Morgan fingerprint density at radius 3 is 2.38 bits per heavy atom. The maximum absolute atomic E-state index is 9.40. The van der Waals surface area contributed by atoms with Gasteiger partial charge >= 0.3 is 0 Å². The number of nitrogens with zero attached hydrogens (tertiary/aromatic N) is 1. The third-order valence-corrected chi connectivity index (χ3v) is 3.54. The van der Waals surface area contributed by atoms with Crippen LogP contribution in [-0.4, -0.2) is 14.2 Å². The van der Waals surface area contributed by atoms with E-state index in [1.54, 1.807) is 20.3 Å². The zero-order valence-electron chi connectivity index (χ0n) is 11.8. The molecule has 4 heteroatoms. The summed E-state index contributed by atoms with van der Waals surface area (Å²) in [6, 6.07) is 15.4. The number of methoxy groups -OCH3 is 2. The fourth-order valence-electron chi connectivity index (χ4n) is 1.99. The van der Waals surface area contributed by atoms with E-state index in [4.69, 9.17) is 9.47 Å². The number of halogens is 1. The van der Waals surface area contributed by atoms with E-state index in [0.29, 0.717) is 17.1 Å². The summed E-state index contributed by atoms with van der Waals surface area (Å²) in [5, 5.41) is 9.40. The van der Waals surface area contributed by atoms with Crippen molar-refractivity contribution in [3.63, 3.8) is 0 Å². The summed E-state index contributed by atoms with van der Waals surface area (Å²) in [5.41, 5.74) is 2.22.